The summed E-state index contributed by atoms with van der Waals surface area (Å²) in [5, 5.41) is 3.45. The van der Waals surface area contributed by atoms with Crippen LogP contribution in [0.1, 0.15) is 40.2 Å². The fraction of sp³-hybridized carbons (Fsp3) is 0.435. The quantitative estimate of drug-likeness (QED) is 0.883. The standard InChI is InChI=1S/C23H28FN3O/c24-22-9-3-18(4-10-22)17-26-12-14-27(15-13-26)23(28)20-7-5-19(6-8-20)21-2-1-11-25-16-21/h3-10,21,25H,1-2,11-17H2. The summed E-state index contributed by atoms with van der Waals surface area (Å²) < 4.78 is 13.0. The fourth-order valence-electron chi connectivity index (χ4n) is 4.17. The average Bonchev–Trinajstić information content (AvgIpc) is 2.76. The molecule has 2 fully saturated rings. The van der Waals surface area contributed by atoms with Crippen LogP contribution >= 0.6 is 0 Å². The zero-order valence-corrected chi connectivity index (χ0v) is 16.2. The number of nitrogens with zero attached hydrogens (tertiary/aromatic N) is 2. The van der Waals surface area contributed by atoms with Crippen LogP contribution in [0.5, 0.6) is 0 Å². The summed E-state index contributed by atoms with van der Waals surface area (Å²) in [6.07, 6.45) is 2.43. The maximum Gasteiger partial charge on any atom is 0.253 e. The Balaban J connectivity index is 1.30. The van der Waals surface area contributed by atoms with Crippen LogP contribution in [0.25, 0.3) is 0 Å². The Morgan fingerprint density at radius 1 is 1.00 bits per heavy atom. The number of rotatable bonds is 4. The molecule has 2 saturated heterocycles. The Morgan fingerprint density at radius 2 is 1.71 bits per heavy atom. The van der Waals surface area contributed by atoms with Crippen molar-refractivity contribution in [3.8, 4) is 0 Å². The van der Waals surface area contributed by atoms with Crippen molar-refractivity contribution in [1.29, 1.82) is 0 Å². The number of hydrogen-bond acceptors (Lipinski definition) is 3. The minimum absolute atomic E-state index is 0.120. The molecule has 2 aliphatic heterocycles. The molecule has 1 unspecified atom stereocenters. The zero-order valence-electron chi connectivity index (χ0n) is 16.2. The van der Waals surface area contributed by atoms with Gasteiger partial charge < -0.3 is 10.2 Å². The lowest BCUT2D eigenvalue weighted by Gasteiger charge is -2.35. The minimum Gasteiger partial charge on any atom is -0.336 e. The van der Waals surface area contributed by atoms with Crippen molar-refractivity contribution in [2.45, 2.75) is 25.3 Å². The number of nitrogens with one attached hydrogen (secondary N) is 1. The molecular weight excluding hydrogens is 353 g/mol. The molecule has 0 saturated carbocycles. The maximum absolute atomic E-state index is 13.0. The molecule has 2 aromatic rings. The van der Waals surface area contributed by atoms with E-state index in [-0.39, 0.29) is 11.7 Å². The second-order valence-electron chi connectivity index (χ2n) is 7.86. The van der Waals surface area contributed by atoms with Gasteiger partial charge in [0.25, 0.3) is 5.91 Å². The normalized spacial score (nSPS) is 20.9. The van der Waals surface area contributed by atoms with Crippen LogP contribution in [0, 0.1) is 5.82 Å². The topological polar surface area (TPSA) is 35.6 Å². The SMILES string of the molecule is O=C(c1ccc(C2CCCNC2)cc1)N1CCN(Cc2ccc(F)cc2)CC1. The van der Waals surface area contributed by atoms with Crippen LogP contribution in [0.15, 0.2) is 48.5 Å². The van der Waals surface area contributed by atoms with E-state index >= 15 is 0 Å². The highest BCUT2D eigenvalue weighted by atomic mass is 19.1. The summed E-state index contributed by atoms with van der Waals surface area (Å²) in [6, 6.07) is 14.9. The third-order valence-corrected chi connectivity index (χ3v) is 5.90. The van der Waals surface area contributed by atoms with Gasteiger partial charge in [-0.3, -0.25) is 9.69 Å². The second-order valence-corrected chi connectivity index (χ2v) is 7.86. The van der Waals surface area contributed by atoms with E-state index < -0.39 is 0 Å². The number of amides is 1. The number of hydrogen-bond donors (Lipinski definition) is 1. The van der Waals surface area contributed by atoms with Crippen LogP contribution in [-0.2, 0) is 6.54 Å². The molecule has 1 atom stereocenters. The molecule has 5 heteroatoms. The second kappa shape index (κ2) is 8.84. The van der Waals surface area contributed by atoms with Crippen molar-refractivity contribution in [3.05, 3.63) is 71.0 Å². The molecule has 1 N–H and O–H groups in total. The van der Waals surface area contributed by atoms with E-state index in [0.29, 0.717) is 5.92 Å². The van der Waals surface area contributed by atoms with Gasteiger partial charge in [-0.05, 0) is 60.7 Å². The third kappa shape index (κ3) is 4.59. The Kier molecular flexibility index (Phi) is 6.03. The van der Waals surface area contributed by atoms with Gasteiger partial charge in [-0.1, -0.05) is 24.3 Å². The smallest absolute Gasteiger partial charge is 0.253 e. The molecule has 28 heavy (non-hydrogen) atoms. The summed E-state index contributed by atoms with van der Waals surface area (Å²) in [6.45, 7) is 6.09. The molecule has 0 aromatic heterocycles. The van der Waals surface area contributed by atoms with Crippen LogP contribution in [0.2, 0.25) is 0 Å². The Hall–Kier alpha value is -2.24. The van der Waals surface area contributed by atoms with E-state index in [9.17, 15) is 9.18 Å². The van der Waals surface area contributed by atoms with Gasteiger partial charge in [0, 0.05) is 44.8 Å². The molecule has 1 amide bonds. The highest BCUT2D eigenvalue weighted by molar-refractivity contribution is 5.94. The third-order valence-electron chi connectivity index (χ3n) is 5.90. The molecule has 2 aliphatic rings. The predicted octanol–water partition coefficient (Wildman–Crippen LogP) is 3.25. The molecule has 0 aliphatic carbocycles. The average molecular weight is 381 g/mol. The monoisotopic (exact) mass is 381 g/mol. The zero-order chi connectivity index (χ0) is 19.3. The lowest BCUT2D eigenvalue weighted by atomic mass is 9.91. The highest BCUT2D eigenvalue weighted by Crippen LogP contribution is 2.23. The van der Waals surface area contributed by atoms with Crippen LogP contribution < -0.4 is 5.32 Å². The summed E-state index contributed by atoms with van der Waals surface area (Å²) in [5.74, 6) is 0.479. The molecule has 4 rings (SSSR count). The molecule has 0 bridgehead atoms. The van der Waals surface area contributed by atoms with Gasteiger partial charge in [0.05, 0.1) is 0 Å². The first-order valence-electron chi connectivity index (χ1n) is 10.3. The molecule has 0 spiro atoms. The van der Waals surface area contributed by atoms with Crippen LogP contribution in [-0.4, -0.2) is 55.0 Å². The van der Waals surface area contributed by atoms with E-state index in [0.717, 1.165) is 56.9 Å². The lowest BCUT2D eigenvalue weighted by Crippen LogP contribution is -2.48. The largest absolute Gasteiger partial charge is 0.336 e. The van der Waals surface area contributed by atoms with E-state index in [2.05, 4.69) is 22.3 Å². The molecule has 2 heterocycles. The van der Waals surface area contributed by atoms with E-state index in [1.54, 1.807) is 0 Å². The number of piperazine rings is 1. The van der Waals surface area contributed by atoms with Gasteiger partial charge in [0.15, 0.2) is 0 Å². The highest BCUT2D eigenvalue weighted by Gasteiger charge is 2.23. The molecule has 4 nitrogen and oxygen atoms in total. The van der Waals surface area contributed by atoms with E-state index in [1.165, 1.54) is 30.5 Å². The van der Waals surface area contributed by atoms with Gasteiger partial charge in [-0.25, -0.2) is 4.39 Å². The molecule has 0 radical (unpaired) electrons. The van der Waals surface area contributed by atoms with Crippen molar-refractivity contribution < 1.29 is 9.18 Å². The Labute approximate surface area is 166 Å². The summed E-state index contributed by atoms with van der Waals surface area (Å²) in [7, 11) is 0. The fourth-order valence-corrected chi connectivity index (χ4v) is 4.17. The van der Waals surface area contributed by atoms with E-state index in [4.69, 9.17) is 0 Å². The van der Waals surface area contributed by atoms with Crippen molar-refractivity contribution in [1.82, 2.24) is 15.1 Å². The number of piperidine rings is 1. The maximum atomic E-state index is 13.0. The van der Waals surface area contributed by atoms with E-state index in [1.807, 2.05) is 29.2 Å². The number of benzene rings is 2. The summed E-state index contributed by atoms with van der Waals surface area (Å²) in [5.41, 5.74) is 3.21. The van der Waals surface area contributed by atoms with Crippen molar-refractivity contribution in [2.24, 2.45) is 0 Å². The first-order chi connectivity index (χ1) is 13.7. The van der Waals surface area contributed by atoms with Gasteiger partial charge in [0.2, 0.25) is 0 Å². The Bertz CT molecular complexity index is 776. The molecular formula is C23H28FN3O. The minimum atomic E-state index is -0.204. The number of carbonyl (C=O) groups is 1. The van der Waals surface area contributed by atoms with Gasteiger partial charge >= 0.3 is 0 Å². The van der Waals surface area contributed by atoms with Crippen LogP contribution in [0.4, 0.5) is 4.39 Å². The van der Waals surface area contributed by atoms with Crippen molar-refractivity contribution >= 4 is 5.91 Å². The number of halogens is 1. The van der Waals surface area contributed by atoms with Crippen molar-refractivity contribution in [3.63, 3.8) is 0 Å². The Morgan fingerprint density at radius 3 is 2.36 bits per heavy atom. The lowest BCUT2D eigenvalue weighted by molar-refractivity contribution is 0.0628. The summed E-state index contributed by atoms with van der Waals surface area (Å²) in [4.78, 5) is 17.1. The molecule has 2 aromatic carbocycles. The molecule has 148 valence electrons. The number of carbonyl (C=O) groups excluding carboxylic acids is 1. The predicted molar refractivity (Wildman–Crippen MR) is 109 cm³/mol. The van der Waals surface area contributed by atoms with Gasteiger partial charge in [-0.2, -0.15) is 0 Å². The van der Waals surface area contributed by atoms with Gasteiger partial charge in [0.1, 0.15) is 5.82 Å². The summed E-state index contributed by atoms with van der Waals surface area (Å²) >= 11 is 0. The van der Waals surface area contributed by atoms with Crippen LogP contribution in [0.3, 0.4) is 0 Å². The van der Waals surface area contributed by atoms with Gasteiger partial charge in [-0.15, -0.1) is 0 Å². The first-order valence-corrected chi connectivity index (χ1v) is 10.3. The first kappa shape index (κ1) is 19.1. The van der Waals surface area contributed by atoms with Crippen molar-refractivity contribution in [2.75, 3.05) is 39.3 Å².